The maximum Gasteiger partial charge on any atom is 0.312 e. The summed E-state index contributed by atoms with van der Waals surface area (Å²) < 4.78 is 0. The number of carboxylic acids is 1. The number of hydrogen-bond acceptors (Lipinski definition) is 2. The topological polar surface area (TPSA) is 63.3 Å². The maximum absolute atomic E-state index is 11.0. The van der Waals surface area contributed by atoms with Crippen LogP contribution in [-0.4, -0.2) is 17.6 Å². The van der Waals surface area contributed by atoms with Crippen molar-refractivity contribution < 1.29 is 9.90 Å². The van der Waals surface area contributed by atoms with Gasteiger partial charge in [-0.3, -0.25) is 4.79 Å². The molecule has 1 unspecified atom stereocenters. The van der Waals surface area contributed by atoms with Crippen LogP contribution < -0.4 is 5.73 Å². The monoisotopic (exact) mass is 227 g/mol. The van der Waals surface area contributed by atoms with Gasteiger partial charge in [0, 0.05) is 11.6 Å². The zero-order chi connectivity index (χ0) is 11.6. The number of rotatable bonds is 3. The van der Waals surface area contributed by atoms with Crippen LogP contribution in [0.3, 0.4) is 0 Å². The molecule has 3 nitrogen and oxygen atoms in total. The van der Waals surface area contributed by atoms with E-state index in [0.29, 0.717) is 10.6 Å². The highest BCUT2D eigenvalue weighted by atomic mass is 35.5. The fourth-order valence-corrected chi connectivity index (χ4v) is 1.75. The SMILES string of the molecule is Cc1ccc(C(CN)C(=O)O)c(C)c1Cl. The summed E-state index contributed by atoms with van der Waals surface area (Å²) in [6, 6.07) is 3.60. The first-order valence-electron chi connectivity index (χ1n) is 4.67. The van der Waals surface area contributed by atoms with Gasteiger partial charge in [0.2, 0.25) is 0 Å². The van der Waals surface area contributed by atoms with Gasteiger partial charge in [-0.2, -0.15) is 0 Å². The van der Waals surface area contributed by atoms with Crippen molar-refractivity contribution in [2.75, 3.05) is 6.54 Å². The van der Waals surface area contributed by atoms with Crippen molar-refractivity contribution >= 4 is 17.6 Å². The van der Waals surface area contributed by atoms with Gasteiger partial charge < -0.3 is 10.8 Å². The van der Waals surface area contributed by atoms with Crippen LogP contribution >= 0.6 is 11.6 Å². The van der Waals surface area contributed by atoms with Gasteiger partial charge in [-0.15, -0.1) is 0 Å². The van der Waals surface area contributed by atoms with Gasteiger partial charge in [-0.05, 0) is 30.5 Å². The van der Waals surface area contributed by atoms with E-state index in [-0.39, 0.29) is 6.54 Å². The van der Waals surface area contributed by atoms with Crippen LogP contribution in [0, 0.1) is 13.8 Å². The zero-order valence-electron chi connectivity index (χ0n) is 8.75. The number of aliphatic carboxylic acids is 1. The second kappa shape index (κ2) is 4.64. The Morgan fingerprint density at radius 1 is 1.53 bits per heavy atom. The molecule has 0 aromatic heterocycles. The molecule has 3 N–H and O–H groups in total. The van der Waals surface area contributed by atoms with Crippen molar-refractivity contribution in [1.82, 2.24) is 0 Å². The minimum atomic E-state index is -0.916. The summed E-state index contributed by atoms with van der Waals surface area (Å²) in [4.78, 5) is 11.0. The molecule has 1 atom stereocenters. The third-order valence-corrected chi connectivity index (χ3v) is 3.11. The van der Waals surface area contributed by atoms with Crippen LogP contribution in [0.2, 0.25) is 5.02 Å². The van der Waals surface area contributed by atoms with Crippen molar-refractivity contribution in [3.63, 3.8) is 0 Å². The van der Waals surface area contributed by atoms with Crippen LogP contribution in [0.5, 0.6) is 0 Å². The van der Waals surface area contributed by atoms with Crippen LogP contribution in [-0.2, 0) is 4.79 Å². The molecule has 0 amide bonds. The minimum Gasteiger partial charge on any atom is -0.481 e. The molecular formula is C11H14ClNO2. The van der Waals surface area contributed by atoms with Gasteiger partial charge in [-0.1, -0.05) is 23.7 Å². The fourth-order valence-electron chi connectivity index (χ4n) is 1.57. The summed E-state index contributed by atoms with van der Waals surface area (Å²) in [6.07, 6.45) is 0. The van der Waals surface area contributed by atoms with Crippen LogP contribution in [0.4, 0.5) is 0 Å². The Labute approximate surface area is 93.9 Å². The Morgan fingerprint density at radius 2 is 2.13 bits per heavy atom. The maximum atomic E-state index is 11.0. The molecule has 0 aliphatic rings. The Balaban J connectivity index is 3.25. The molecule has 1 aromatic carbocycles. The lowest BCUT2D eigenvalue weighted by Gasteiger charge is -2.15. The molecule has 4 heteroatoms. The average molecular weight is 228 g/mol. The normalized spacial score (nSPS) is 12.5. The van der Waals surface area contributed by atoms with E-state index in [9.17, 15) is 4.79 Å². The molecule has 0 aliphatic heterocycles. The molecule has 0 bridgehead atoms. The van der Waals surface area contributed by atoms with Gasteiger partial charge in [-0.25, -0.2) is 0 Å². The van der Waals surface area contributed by atoms with Gasteiger partial charge in [0.15, 0.2) is 0 Å². The summed E-state index contributed by atoms with van der Waals surface area (Å²) in [5, 5.41) is 9.61. The first kappa shape index (κ1) is 12.0. The number of carbonyl (C=O) groups is 1. The van der Waals surface area contributed by atoms with E-state index in [1.807, 2.05) is 19.9 Å². The first-order valence-corrected chi connectivity index (χ1v) is 5.05. The number of nitrogens with two attached hydrogens (primary N) is 1. The summed E-state index contributed by atoms with van der Waals surface area (Å²) >= 11 is 6.05. The van der Waals surface area contributed by atoms with Gasteiger partial charge in [0.1, 0.15) is 0 Å². The van der Waals surface area contributed by atoms with Crippen LogP contribution in [0.15, 0.2) is 12.1 Å². The van der Waals surface area contributed by atoms with Crippen molar-refractivity contribution in [2.45, 2.75) is 19.8 Å². The third-order valence-electron chi connectivity index (χ3n) is 2.53. The van der Waals surface area contributed by atoms with Gasteiger partial charge in [0.25, 0.3) is 0 Å². The summed E-state index contributed by atoms with van der Waals surface area (Å²) in [7, 11) is 0. The predicted molar refractivity (Wildman–Crippen MR) is 60.4 cm³/mol. The number of hydrogen-bond donors (Lipinski definition) is 2. The Hall–Kier alpha value is -1.06. The van der Waals surface area contributed by atoms with Crippen LogP contribution in [0.1, 0.15) is 22.6 Å². The summed E-state index contributed by atoms with van der Waals surface area (Å²) in [5.41, 5.74) is 7.88. The fraction of sp³-hybridized carbons (Fsp3) is 0.364. The van der Waals surface area contributed by atoms with Gasteiger partial charge >= 0.3 is 5.97 Å². The molecule has 0 saturated carbocycles. The summed E-state index contributed by atoms with van der Waals surface area (Å²) in [5.74, 6) is -1.59. The van der Waals surface area contributed by atoms with E-state index in [1.165, 1.54) is 0 Å². The summed E-state index contributed by atoms with van der Waals surface area (Å²) in [6.45, 7) is 3.78. The number of aryl methyl sites for hydroxylation is 1. The smallest absolute Gasteiger partial charge is 0.312 e. The van der Waals surface area contributed by atoms with Crippen molar-refractivity contribution in [1.29, 1.82) is 0 Å². The molecule has 1 rings (SSSR count). The van der Waals surface area contributed by atoms with Crippen molar-refractivity contribution in [3.8, 4) is 0 Å². The third kappa shape index (κ3) is 2.30. The predicted octanol–water partition coefficient (Wildman–Crippen LogP) is 2.08. The number of benzene rings is 1. The molecule has 0 aliphatic carbocycles. The highest BCUT2D eigenvalue weighted by molar-refractivity contribution is 6.32. The highest BCUT2D eigenvalue weighted by Gasteiger charge is 2.21. The molecule has 0 radical (unpaired) electrons. The second-order valence-electron chi connectivity index (χ2n) is 3.54. The van der Waals surface area contributed by atoms with Crippen LogP contribution in [0.25, 0.3) is 0 Å². The Kier molecular flexibility index (Phi) is 3.72. The molecule has 0 heterocycles. The minimum absolute atomic E-state index is 0.0789. The molecule has 82 valence electrons. The molecule has 1 aromatic rings. The van der Waals surface area contributed by atoms with Gasteiger partial charge in [0.05, 0.1) is 5.92 Å². The molecule has 15 heavy (non-hydrogen) atoms. The molecule has 0 fully saturated rings. The van der Waals surface area contributed by atoms with Crippen molar-refractivity contribution in [2.24, 2.45) is 5.73 Å². The van der Waals surface area contributed by atoms with E-state index in [0.717, 1.165) is 11.1 Å². The number of halogens is 1. The molecule has 0 saturated heterocycles. The Bertz CT molecular complexity index is 390. The largest absolute Gasteiger partial charge is 0.481 e. The zero-order valence-corrected chi connectivity index (χ0v) is 9.51. The quantitative estimate of drug-likeness (QED) is 0.831. The van der Waals surface area contributed by atoms with E-state index >= 15 is 0 Å². The Morgan fingerprint density at radius 3 is 2.60 bits per heavy atom. The standard InChI is InChI=1S/C11H14ClNO2/c1-6-3-4-8(7(2)10(6)12)9(5-13)11(14)15/h3-4,9H,5,13H2,1-2H3,(H,14,15). The molecular weight excluding hydrogens is 214 g/mol. The van der Waals surface area contributed by atoms with Crippen molar-refractivity contribution in [3.05, 3.63) is 33.8 Å². The van der Waals surface area contributed by atoms with E-state index < -0.39 is 11.9 Å². The molecule has 0 spiro atoms. The van der Waals surface area contributed by atoms with E-state index in [4.69, 9.17) is 22.4 Å². The average Bonchev–Trinajstić information content (AvgIpc) is 2.18. The second-order valence-corrected chi connectivity index (χ2v) is 3.92. The first-order chi connectivity index (χ1) is 6.99. The lowest BCUT2D eigenvalue weighted by atomic mass is 9.93. The number of carboxylic acid groups (broad SMARTS) is 1. The highest BCUT2D eigenvalue weighted by Crippen LogP contribution is 2.28. The van der Waals surface area contributed by atoms with E-state index in [1.54, 1.807) is 6.07 Å². The van der Waals surface area contributed by atoms with E-state index in [2.05, 4.69) is 0 Å². The lowest BCUT2D eigenvalue weighted by Crippen LogP contribution is -2.22. The lowest BCUT2D eigenvalue weighted by molar-refractivity contribution is -0.138.